The first-order valence-electron chi connectivity index (χ1n) is 8.82. The van der Waals surface area contributed by atoms with Gasteiger partial charge >= 0.3 is 0 Å². The van der Waals surface area contributed by atoms with Crippen LogP contribution in [0.25, 0.3) is 0 Å². The van der Waals surface area contributed by atoms with Crippen molar-refractivity contribution in [1.29, 1.82) is 0 Å². The summed E-state index contributed by atoms with van der Waals surface area (Å²) in [7, 11) is 0. The van der Waals surface area contributed by atoms with E-state index in [1.165, 1.54) is 5.56 Å². The molecule has 1 atom stereocenters. The molecule has 4 nitrogen and oxygen atoms in total. The Bertz CT molecular complexity index is 957. The Morgan fingerprint density at radius 2 is 1.86 bits per heavy atom. The minimum absolute atomic E-state index is 0.266. The van der Waals surface area contributed by atoms with Crippen LogP contribution in [0, 0.1) is 6.92 Å². The maximum absolute atomic E-state index is 6.12. The van der Waals surface area contributed by atoms with Gasteiger partial charge in [0.15, 0.2) is 17.1 Å². The standard InChI is InChI=1S/C21H21Cl2N3OS/c1-4-11-26-20(15(3)27-19-10-9-18(23)12-14(19)2)24-25-21(26)28-13-16-5-7-17(22)8-6-16/h4-10,12,15H,1,11,13H2,2-3H3. The highest BCUT2D eigenvalue weighted by molar-refractivity contribution is 7.98. The second kappa shape index (κ2) is 9.50. The molecular weight excluding hydrogens is 413 g/mol. The number of ether oxygens (including phenoxy) is 1. The average molecular weight is 434 g/mol. The normalized spacial score (nSPS) is 12.0. The lowest BCUT2D eigenvalue weighted by atomic mass is 10.2. The zero-order valence-corrected chi connectivity index (χ0v) is 18.1. The van der Waals surface area contributed by atoms with Crippen LogP contribution >= 0.6 is 35.0 Å². The van der Waals surface area contributed by atoms with E-state index in [2.05, 4.69) is 16.8 Å². The Hall–Kier alpha value is -1.95. The lowest BCUT2D eigenvalue weighted by Crippen LogP contribution is -2.12. The molecule has 0 saturated carbocycles. The van der Waals surface area contributed by atoms with E-state index >= 15 is 0 Å². The van der Waals surface area contributed by atoms with E-state index in [9.17, 15) is 0 Å². The van der Waals surface area contributed by atoms with E-state index in [1.807, 2.05) is 67.0 Å². The van der Waals surface area contributed by atoms with E-state index < -0.39 is 0 Å². The minimum atomic E-state index is -0.266. The summed E-state index contributed by atoms with van der Waals surface area (Å²) in [6, 6.07) is 13.4. The van der Waals surface area contributed by atoms with Crippen molar-refractivity contribution in [2.24, 2.45) is 0 Å². The molecule has 0 aliphatic heterocycles. The van der Waals surface area contributed by atoms with Crippen molar-refractivity contribution in [3.05, 3.63) is 82.1 Å². The van der Waals surface area contributed by atoms with Gasteiger partial charge in [-0.1, -0.05) is 53.2 Å². The molecule has 0 aliphatic rings. The molecule has 28 heavy (non-hydrogen) atoms. The third-order valence-electron chi connectivity index (χ3n) is 4.14. The van der Waals surface area contributed by atoms with Gasteiger partial charge in [0.2, 0.25) is 0 Å². The van der Waals surface area contributed by atoms with Gasteiger partial charge in [0.25, 0.3) is 0 Å². The van der Waals surface area contributed by atoms with Crippen LogP contribution in [-0.4, -0.2) is 14.8 Å². The summed E-state index contributed by atoms with van der Waals surface area (Å²) in [5.41, 5.74) is 2.15. The first kappa shape index (κ1) is 20.8. The number of hydrogen-bond acceptors (Lipinski definition) is 4. The van der Waals surface area contributed by atoms with Gasteiger partial charge in [-0.3, -0.25) is 4.57 Å². The van der Waals surface area contributed by atoms with Crippen LogP contribution in [0.1, 0.15) is 30.0 Å². The van der Waals surface area contributed by atoms with Crippen molar-refractivity contribution in [3.63, 3.8) is 0 Å². The first-order valence-corrected chi connectivity index (χ1v) is 10.6. The Kier molecular flexibility index (Phi) is 7.05. The van der Waals surface area contributed by atoms with E-state index in [1.54, 1.807) is 11.8 Å². The SMILES string of the molecule is C=CCn1c(SCc2ccc(Cl)cc2)nnc1C(C)Oc1ccc(Cl)cc1C. The monoisotopic (exact) mass is 433 g/mol. The first-order chi connectivity index (χ1) is 13.5. The smallest absolute Gasteiger partial charge is 0.191 e. The summed E-state index contributed by atoms with van der Waals surface area (Å²) in [6.45, 7) is 8.40. The molecule has 1 aromatic heterocycles. The minimum Gasteiger partial charge on any atom is -0.482 e. The van der Waals surface area contributed by atoms with Crippen molar-refractivity contribution < 1.29 is 4.74 Å². The number of thioether (sulfide) groups is 1. The molecule has 0 saturated heterocycles. The molecule has 0 N–H and O–H groups in total. The van der Waals surface area contributed by atoms with Crippen LogP contribution in [-0.2, 0) is 12.3 Å². The molecule has 0 fully saturated rings. The fraction of sp³-hybridized carbons (Fsp3) is 0.238. The van der Waals surface area contributed by atoms with Crippen LogP contribution in [0.3, 0.4) is 0 Å². The highest BCUT2D eigenvalue weighted by atomic mass is 35.5. The molecule has 7 heteroatoms. The predicted molar refractivity (Wildman–Crippen MR) is 116 cm³/mol. The fourth-order valence-corrected chi connectivity index (χ4v) is 3.99. The van der Waals surface area contributed by atoms with Crippen LogP contribution in [0.2, 0.25) is 10.0 Å². The van der Waals surface area contributed by atoms with Crippen molar-refractivity contribution in [2.45, 2.75) is 37.4 Å². The number of benzene rings is 2. The third-order valence-corrected chi connectivity index (χ3v) is 5.67. The van der Waals surface area contributed by atoms with Gasteiger partial charge in [0, 0.05) is 22.3 Å². The lowest BCUT2D eigenvalue weighted by molar-refractivity contribution is 0.209. The Balaban J connectivity index is 1.77. The zero-order chi connectivity index (χ0) is 20.1. The summed E-state index contributed by atoms with van der Waals surface area (Å²) in [4.78, 5) is 0. The number of rotatable bonds is 8. The van der Waals surface area contributed by atoms with Crippen molar-refractivity contribution in [3.8, 4) is 5.75 Å². The van der Waals surface area contributed by atoms with E-state index in [0.29, 0.717) is 11.6 Å². The van der Waals surface area contributed by atoms with Gasteiger partial charge in [-0.05, 0) is 55.3 Å². The van der Waals surface area contributed by atoms with Gasteiger partial charge in [-0.15, -0.1) is 16.8 Å². The number of nitrogens with zero attached hydrogens (tertiary/aromatic N) is 3. The second-order valence-corrected chi connectivity index (χ2v) is 8.14. The molecule has 0 aliphatic carbocycles. The molecule has 1 unspecified atom stereocenters. The number of hydrogen-bond donors (Lipinski definition) is 0. The average Bonchev–Trinajstić information content (AvgIpc) is 3.07. The third kappa shape index (κ3) is 5.10. The molecule has 146 valence electrons. The van der Waals surface area contributed by atoms with Gasteiger partial charge in [-0.2, -0.15) is 0 Å². The van der Waals surface area contributed by atoms with Crippen LogP contribution in [0.4, 0.5) is 0 Å². The van der Waals surface area contributed by atoms with Gasteiger partial charge in [-0.25, -0.2) is 0 Å². The topological polar surface area (TPSA) is 39.9 Å². The maximum atomic E-state index is 6.12. The Labute approximate surface area is 179 Å². The Morgan fingerprint density at radius 1 is 1.14 bits per heavy atom. The predicted octanol–water partition coefficient (Wildman–Crippen LogP) is 6.51. The summed E-state index contributed by atoms with van der Waals surface area (Å²) < 4.78 is 8.15. The molecule has 0 amide bonds. The molecule has 0 spiro atoms. The molecule has 0 radical (unpaired) electrons. The van der Waals surface area contributed by atoms with E-state index in [4.69, 9.17) is 27.9 Å². The Morgan fingerprint density at radius 3 is 2.54 bits per heavy atom. The largest absolute Gasteiger partial charge is 0.482 e. The molecule has 3 rings (SSSR count). The number of aromatic nitrogens is 3. The fourth-order valence-electron chi connectivity index (χ4n) is 2.72. The summed E-state index contributed by atoms with van der Waals surface area (Å²) in [5, 5.41) is 11.0. The number of allylic oxidation sites excluding steroid dienone is 1. The van der Waals surface area contributed by atoms with Crippen LogP contribution in [0.15, 0.2) is 60.3 Å². The lowest BCUT2D eigenvalue weighted by Gasteiger charge is -2.17. The molecule has 3 aromatic rings. The zero-order valence-electron chi connectivity index (χ0n) is 15.7. The molecule has 1 heterocycles. The highest BCUT2D eigenvalue weighted by Gasteiger charge is 2.19. The van der Waals surface area contributed by atoms with Crippen LogP contribution in [0.5, 0.6) is 5.75 Å². The van der Waals surface area contributed by atoms with E-state index in [-0.39, 0.29) is 6.10 Å². The summed E-state index contributed by atoms with van der Waals surface area (Å²) in [5.74, 6) is 2.31. The number of aryl methyl sites for hydroxylation is 1. The summed E-state index contributed by atoms with van der Waals surface area (Å²) in [6.07, 6.45) is 1.57. The quantitative estimate of drug-likeness (QED) is 0.299. The van der Waals surface area contributed by atoms with Gasteiger partial charge in [0.1, 0.15) is 5.75 Å². The van der Waals surface area contributed by atoms with Crippen molar-refractivity contribution >= 4 is 35.0 Å². The van der Waals surface area contributed by atoms with Gasteiger partial charge in [0.05, 0.1) is 0 Å². The second-order valence-electron chi connectivity index (χ2n) is 6.33. The van der Waals surface area contributed by atoms with Gasteiger partial charge < -0.3 is 4.74 Å². The van der Waals surface area contributed by atoms with Crippen molar-refractivity contribution in [2.75, 3.05) is 0 Å². The molecule has 0 bridgehead atoms. The molecular formula is C21H21Cl2N3OS. The van der Waals surface area contributed by atoms with Crippen molar-refractivity contribution in [1.82, 2.24) is 14.8 Å². The van der Waals surface area contributed by atoms with E-state index in [0.717, 1.165) is 33.1 Å². The summed E-state index contributed by atoms with van der Waals surface area (Å²) >= 11 is 13.6. The number of halogens is 2. The maximum Gasteiger partial charge on any atom is 0.191 e. The molecule has 2 aromatic carbocycles. The highest BCUT2D eigenvalue weighted by Crippen LogP contribution is 2.29. The van der Waals surface area contributed by atoms with Crippen LogP contribution < -0.4 is 4.74 Å².